The molecule has 1 fully saturated rings. The molecule has 1 saturated carbocycles. The number of hydrogen-bond donors (Lipinski definition) is 1. The molecule has 1 aromatic carbocycles. The number of rotatable bonds is 7. The number of ether oxygens (including phenoxy) is 1. The van der Waals surface area contributed by atoms with E-state index in [9.17, 15) is 4.79 Å². The lowest BCUT2D eigenvalue weighted by molar-refractivity contribution is 0.0954. The molecule has 3 rings (SSSR count). The van der Waals surface area contributed by atoms with Gasteiger partial charge in [0.1, 0.15) is 5.75 Å². The number of nitrogens with zero attached hydrogens (tertiary/aromatic N) is 1. The van der Waals surface area contributed by atoms with E-state index in [0.29, 0.717) is 11.7 Å². The summed E-state index contributed by atoms with van der Waals surface area (Å²) in [6.07, 6.45) is 6.89. The van der Waals surface area contributed by atoms with Gasteiger partial charge < -0.3 is 4.74 Å². The van der Waals surface area contributed by atoms with E-state index in [4.69, 9.17) is 4.74 Å². The van der Waals surface area contributed by atoms with Crippen molar-refractivity contribution in [2.75, 3.05) is 0 Å². The standard InChI is InChI=1S/C20H24N2O2S/c1-2-6-18(19-9-5-14-25-19)21-22-20(23)15-10-12-17(13-11-15)24-16-7-3-4-8-16/h5,9-14,16H,2-4,6-8H2,1H3,(H,22,23)/b21-18-. The number of hydrogen-bond acceptors (Lipinski definition) is 4. The van der Waals surface area contributed by atoms with Crippen LogP contribution in [0, 0.1) is 0 Å². The average Bonchev–Trinajstić information content (AvgIpc) is 3.33. The lowest BCUT2D eigenvalue weighted by Gasteiger charge is -2.13. The molecule has 1 aliphatic carbocycles. The van der Waals surface area contributed by atoms with Crippen LogP contribution < -0.4 is 10.2 Å². The topological polar surface area (TPSA) is 50.7 Å². The third-order valence-corrected chi connectivity index (χ3v) is 5.23. The highest BCUT2D eigenvalue weighted by molar-refractivity contribution is 7.12. The van der Waals surface area contributed by atoms with Gasteiger partial charge >= 0.3 is 0 Å². The van der Waals surface area contributed by atoms with E-state index in [0.717, 1.165) is 42.0 Å². The number of benzene rings is 1. The molecule has 0 unspecified atom stereocenters. The van der Waals surface area contributed by atoms with Gasteiger partial charge in [0.15, 0.2) is 0 Å². The fourth-order valence-electron chi connectivity index (χ4n) is 2.98. The van der Waals surface area contributed by atoms with E-state index in [2.05, 4.69) is 17.5 Å². The second-order valence-corrected chi connectivity index (χ2v) is 7.22. The van der Waals surface area contributed by atoms with E-state index in [1.54, 1.807) is 23.5 Å². The van der Waals surface area contributed by atoms with Crippen molar-refractivity contribution >= 4 is 23.0 Å². The molecule has 1 aromatic heterocycles. The van der Waals surface area contributed by atoms with Crippen molar-refractivity contribution in [3.05, 3.63) is 52.2 Å². The molecule has 0 spiro atoms. The van der Waals surface area contributed by atoms with Gasteiger partial charge in [-0.05, 0) is 67.8 Å². The van der Waals surface area contributed by atoms with Crippen LogP contribution in [0.1, 0.15) is 60.7 Å². The molecule has 25 heavy (non-hydrogen) atoms. The minimum atomic E-state index is -0.197. The molecule has 1 amide bonds. The molecule has 1 heterocycles. The summed E-state index contributed by atoms with van der Waals surface area (Å²) in [4.78, 5) is 13.4. The van der Waals surface area contributed by atoms with Crippen LogP contribution in [0.4, 0.5) is 0 Å². The van der Waals surface area contributed by atoms with E-state index in [1.165, 1.54) is 12.8 Å². The Balaban J connectivity index is 1.61. The van der Waals surface area contributed by atoms with Crippen LogP contribution in [0.25, 0.3) is 0 Å². The number of amides is 1. The van der Waals surface area contributed by atoms with Crippen molar-refractivity contribution in [2.24, 2.45) is 5.10 Å². The highest BCUT2D eigenvalue weighted by atomic mass is 32.1. The molecule has 0 aliphatic heterocycles. The Labute approximate surface area is 152 Å². The zero-order chi connectivity index (χ0) is 17.5. The summed E-state index contributed by atoms with van der Waals surface area (Å²) in [6.45, 7) is 2.11. The first-order chi connectivity index (χ1) is 12.3. The van der Waals surface area contributed by atoms with Crippen LogP contribution in [0.5, 0.6) is 5.75 Å². The quantitative estimate of drug-likeness (QED) is 0.560. The summed E-state index contributed by atoms with van der Waals surface area (Å²) in [5.74, 6) is 0.634. The predicted molar refractivity (Wildman–Crippen MR) is 103 cm³/mol. The van der Waals surface area contributed by atoms with Crippen molar-refractivity contribution in [3.8, 4) is 5.75 Å². The summed E-state index contributed by atoms with van der Waals surface area (Å²) in [6, 6.07) is 11.3. The predicted octanol–water partition coefficient (Wildman–Crippen LogP) is 5.00. The van der Waals surface area contributed by atoms with Crippen molar-refractivity contribution in [1.82, 2.24) is 5.43 Å². The lowest BCUT2D eigenvalue weighted by Crippen LogP contribution is -2.20. The molecule has 132 valence electrons. The Hall–Kier alpha value is -2.14. The first kappa shape index (κ1) is 17.7. The van der Waals surface area contributed by atoms with Crippen LogP contribution in [0.15, 0.2) is 46.9 Å². The summed E-state index contributed by atoms with van der Waals surface area (Å²) in [7, 11) is 0. The van der Waals surface area contributed by atoms with Gasteiger partial charge in [0, 0.05) is 5.56 Å². The second kappa shape index (κ2) is 8.81. The van der Waals surface area contributed by atoms with E-state index >= 15 is 0 Å². The molecular weight excluding hydrogens is 332 g/mol. The van der Waals surface area contributed by atoms with Crippen molar-refractivity contribution in [2.45, 2.75) is 51.6 Å². The van der Waals surface area contributed by atoms with E-state index < -0.39 is 0 Å². The molecule has 0 atom stereocenters. The summed E-state index contributed by atoms with van der Waals surface area (Å²) >= 11 is 1.64. The molecule has 5 heteroatoms. The zero-order valence-corrected chi connectivity index (χ0v) is 15.3. The average molecular weight is 356 g/mol. The minimum Gasteiger partial charge on any atom is -0.490 e. The highest BCUT2D eigenvalue weighted by Crippen LogP contribution is 2.24. The number of carbonyl (C=O) groups excluding carboxylic acids is 1. The van der Waals surface area contributed by atoms with Gasteiger partial charge in [-0.2, -0.15) is 5.10 Å². The molecular formula is C20H24N2O2S. The maximum Gasteiger partial charge on any atom is 0.271 e. The minimum absolute atomic E-state index is 0.197. The van der Waals surface area contributed by atoms with Crippen LogP contribution in [0.3, 0.4) is 0 Å². The maximum atomic E-state index is 12.3. The molecule has 0 saturated heterocycles. The Morgan fingerprint density at radius 1 is 1.24 bits per heavy atom. The van der Waals surface area contributed by atoms with Crippen molar-refractivity contribution in [3.63, 3.8) is 0 Å². The first-order valence-corrected chi connectivity index (χ1v) is 9.81. The SMILES string of the molecule is CCC/C(=N/NC(=O)c1ccc(OC2CCCC2)cc1)c1cccs1. The normalized spacial score (nSPS) is 15.3. The van der Waals surface area contributed by atoms with Gasteiger partial charge in [0.2, 0.25) is 0 Å². The van der Waals surface area contributed by atoms with Crippen molar-refractivity contribution < 1.29 is 9.53 Å². The van der Waals surface area contributed by atoms with Crippen LogP contribution in [-0.2, 0) is 0 Å². The lowest BCUT2D eigenvalue weighted by atomic mass is 10.2. The molecule has 1 N–H and O–H groups in total. The first-order valence-electron chi connectivity index (χ1n) is 8.93. The van der Waals surface area contributed by atoms with Gasteiger partial charge in [-0.1, -0.05) is 19.4 Å². The van der Waals surface area contributed by atoms with Crippen LogP contribution in [0.2, 0.25) is 0 Å². The second-order valence-electron chi connectivity index (χ2n) is 6.28. The largest absolute Gasteiger partial charge is 0.490 e. The summed E-state index contributed by atoms with van der Waals surface area (Å²) < 4.78 is 5.93. The van der Waals surface area contributed by atoms with Gasteiger partial charge in [-0.3, -0.25) is 4.79 Å². The molecule has 0 bridgehead atoms. The number of thiophene rings is 1. The Morgan fingerprint density at radius 3 is 2.64 bits per heavy atom. The molecule has 2 aromatic rings. The molecule has 0 radical (unpaired) electrons. The Morgan fingerprint density at radius 2 is 2.00 bits per heavy atom. The fraction of sp³-hybridized carbons (Fsp3) is 0.400. The van der Waals surface area contributed by atoms with Crippen molar-refractivity contribution in [1.29, 1.82) is 0 Å². The van der Waals surface area contributed by atoms with Crippen LogP contribution >= 0.6 is 11.3 Å². The van der Waals surface area contributed by atoms with Crippen LogP contribution in [-0.4, -0.2) is 17.7 Å². The van der Waals surface area contributed by atoms with E-state index in [-0.39, 0.29) is 5.91 Å². The van der Waals surface area contributed by atoms with Gasteiger partial charge in [0.05, 0.1) is 16.7 Å². The summed E-state index contributed by atoms with van der Waals surface area (Å²) in [5.41, 5.74) is 4.19. The smallest absolute Gasteiger partial charge is 0.271 e. The van der Waals surface area contributed by atoms with E-state index in [1.807, 2.05) is 29.6 Å². The van der Waals surface area contributed by atoms with Gasteiger partial charge in [0.25, 0.3) is 5.91 Å². The molecule has 1 aliphatic rings. The molecule has 4 nitrogen and oxygen atoms in total. The Bertz CT molecular complexity index is 702. The maximum absolute atomic E-state index is 12.3. The summed E-state index contributed by atoms with van der Waals surface area (Å²) in [5, 5.41) is 6.35. The van der Waals surface area contributed by atoms with Gasteiger partial charge in [-0.15, -0.1) is 11.3 Å². The number of nitrogens with one attached hydrogen (secondary N) is 1. The highest BCUT2D eigenvalue weighted by Gasteiger charge is 2.16. The Kier molecular flexibility index (Phi) is 6.23. The third kappa shape index (κ3) is 4.92. The number of hydrazone groups is 1. The monoisotopic (exact) mass is 356 g/mol. The third-order valence-electron chi connectivity index (χ3n) is 4.31. The zero-order valence-electron chi connectivity index (χ0n) is 14.5. The number of carbonyl (C=O) groups is 1. The van der Waals surface area contributed by atoms with Gasteiger partial charge in [-0.25, -0.2) is 5.43 Å². The fourth-order valence-corrected chi connectivity index (χ4v) is 3.72.